The third kappa shape index (κ3) is 2.62. The van der Waals surface area contributed by atoms with Crippen molar-refractivity contribution in [2.45, 2.75) is 29.5 Å². The van der Waals surface area contributed by atoms with Gasteiger partial charge in [0.05, 0.1) is 22.5 Å². The Labute approximate surface area is 198 Å². The number of nitrogens with one attached hydrogen (secondary N) is 1. The molecule has 0 unspecified atom stereocenters. The number of imide groups is 1. The van der Waals surface area contributed by atoms with Crippen LogP contribution in [-0.4, -0.2) is 27.0 Å². The molecule has 7 atom stereocenters. The highest BCUT2D eigenvalue weighted by Gasteiger charge is 2.69. The molecule has 2 saturated carbocycles. The first-order valence-corrected chi connectivity index (χ1v) is 13.0. The molecule has 8 heteroatoms. The number of fused-ring (bicyclic) bond motifs is 9. The number of aromatic nitrogens is 2. The first kappa shape index (κ1) is 19.7. The molecule has 2 aromatic heterocycles. The molecule has 6 nitrogen and oxygen atoms in total. The molecule has 3 fully saturated rings. The number of benzene rings is 1. The predicted octanol–water partition coefficient (Wildman–Crippen LogP) is 3.82. The van der Waals surface area contributed by atoms with Crippen LogP contribution < -0.4 is 9.77 Å². The summed E-state index contributed by atoms with van der Waals surface area (Å²) < 4.78 is 0. The minimum atomic E-state index is -0.276. The lowest BCUT2D eigenvalue weighted by Gasteiger charge is -2.42. The average Bonchev–Trinajstić information content (AvgIpc) is 3.54. The SMILES string of the molecule is Cc1ccc(N2C(=O)[C@@H]3[C@@H]4C[C@H]([C@H]5Sc6[nH]c(=O)sc6[C@@H](c6cccnc6)[C@H]45)[C@@H]3C2=O)cc1. The number of thiazole rings is 1. The number of hydrogen-bond donors (Lipinski definition) is 1. The van der Waals surface area contributed by atoms with Gasteiger partial charge in [-0.2, -0.15) is 0 Å². The highest BCUT2D eigenvalue weighted by molar-refractivity contribution is 8.00. The first-order chi connectivity index (χ1) is 16.0. The summed E-state index contributed by atoms with van der Waals surface area (Å²) in [6.45, 7) is 2.00. The fourth-order valence-corrected chi connectivity index (χ4v) is 9.79. The summed E-state index contributed by atoms with van der Waals surface area (Å²) >= 11 is 2.99. The van der Waals surface area contributed by atoms with E-state index in [-0.39, 0.29) is 57.4 Å². The molecule has 4 aliphatic rings. The van der Waals surface area contributed by atoms with Crippen LogP contribution in [-0.2, 0) is 9.59 Å². The summed E-state index contributed by atoms with van der Waals surface area (Å²) in [5.74, 6) is -0.153. The topological polar surface area (TPSA) is 83.1 Å². The van der Waals surface area contributed by atoms with Gasteiger partial charge >= 0.3 is 4.87 Å². The number of thioether (sulfide) groups is 1. The maximum absolute atomic E-state index is 13.7. The van der Waals surface area contributed by atoms with Gasteiger partial charge in [0.2, 0.25) is 11.8 Å². The van der Waals surface area contributed by atoms with Crippen LogP contribution in [0.5, 0.6) is 0 Å². The van der Waals surface area contributed by atoms with E-state index in [4.69, 9.17) is 0 Å². The Morgan fingerprint density at radius 2 is 1.79 bits per heavy atom. The summed E-state index contributed by atoms with van der Waals surface area (Å²) in [7, 11) is 0. The van der Waals surface area contributed by atoms with Crippen LogP contribution in [0.15, 0.2) is 58.6 Å². The molecule has 7 rings (SSSR count). The quantitative estimate of drug-likeness (QED) is 0.570. The Bertz CT molecular complexity index is 1350. The number of carbonyl (C=O) groups excluding carboxylic acids is 2. The number of H-pyrrole nitrogens is 1. The second-order valence-electron chi connectivity index (χ2n) is 9.59. The van der Waals surface area contributed by atoms with E-state index in [1.54, 1.807) is 18.0 Å². The fourth-order valence-electron chi connectivity index (χ4n) is 6.90. The molecule has 4 heterocycles. The molecule has 3 aromatic rings. The molecular formula is C25H21N3O3S2. The molecule has 2 aliphatic heterocycles. The van der Waals surface area contributed by atoms with Crippen LogP contribution >= 0.6 is 23.1 Å². The van der Waals surface area contributed by atoms with Gasteiger partial charge in [-0.15, -0.1) is 11.8 Å². The van der Waals surface area contributed by atoms with Gasteiger partial charge in [0.15, 0.2) is 0 Å². The molecule has 166 valence electrons. The molecule has 2 amide bonds. The third-order valence-corrected chi connectivity index (χ3v) is 10.6. The Balaban J connectivity index is 1.33. The van der Waals surface area contributed by atoms with E-state index in [0.29, 0.717) is 5.69 Å². The molecule has 2 bridgehead atoms. The number of aromatic amines is 1. The predicted molar refractivity (Wildman–Crippen MR) is 126 cm³/mol. The van der Waals surface area contributed by atoms with E-state index in [1.165, 1.54) is 16.2 Å². The van der Waals surface area contributed by atoms with Crippen LogP contribution in [0.25, 0.3) is 0 Å². The lowest BCUT2D eigenvalue weighted by atomic mass is 9.68. The van der Waals surface area contributed by atoms with Gasteiger partial charge in [-0.05, 0) is 54.9 Å². The number of aryl methyl sites for hydroxylation is 1. The zero-order valence-electron chi connectivity index (χ0n) is 17.8. The van der Waals surface area contributed by atoms with E-state index in [1.807, 2.05) is 43.5 Å². The van der Waals surface area contributed by atoms with Crippen molar-refractivity contribution in [2.24, 2.45) is 29.6 Å². The van der Waals surface area contributed by atoms with Crippen molar-refractivity contribution in [3.63, 3.8) is 0 Å². The fraction of sp³-hybridized carbons (Fsp3) is 0.360. The van der Waals surface area contributed by atoms with Crippen molar-refractivity contribution in [1.29, 1.82) is 0 Å². The number of nitrogens with zero attached hydrogens (tertiary/aromatic N) is 2. The van der Waals surface area contributed by atoms with Crippen molar-refractivity contribution in [3.05, 3.63) is 74.5 Å². The maximum Gasteiger partial charge on any atom is 0.305 e. The second kappa shape index (κ2) is 6.90. The molecule has 2 aliphatic carbocycles. The summed E-state index contributed by atoms with van der Waals surface area (Å²) in [6.07, 6.45) is 4.54. The first-order valence-electron chi connectivity index (χ1n) is 11.3. The second-order valence-corrected chi connectivity index (χ2v) is 11.8. The average molecular weight is 476 g/mol. The lowest BCUT2D eigenvalue weighted by Crippen LogP contribution is -2.42. The van der Waals surface area contributed by atoms with Crippen LogP contribution in [0, 0.1) is 36.5 Å². The lowest BCUT2D eigenvalue weighted by molar-refractivity contribution is -0.123. The molecule has 33 heavy (non-hydrogen) atoms. The Hall–Kier alpha value is -2.71. The van der Waals surface area contributed by atoms with E-state index in [9.17, 15) is 14.4 Å². The number of carbonyl (C=O) groups is 2. The summed E-state index contributed by atoms with van der Waals surface area (Å²) in [6, 6.07) is 11.6. The van der Waals surface area contributed by atoms with E-state index in [0.717, 1.165) is 27.5 Å². The van der Waals surface area contributed by atoms with Crippen molar-refractivity contribution >= 4 is 40.6 Å². The van der Waals surface area contributed by atoms with Crippen molar-refractivity contribution in [3.8, 4) is 0 Å². The molecule has 1 aromatic carbocycles. The number of pyridine rings is 1. The molecular weight excluding hydrogens is 454 g/mol. The summed E-state index contributed by atoms with van der Waals surface area (Å²) in [5.41, 5.74) is 2.85. The monoisotopic (exact) mass is 475 g/mol. The summed E-state index contributed by atoms with van der Waals surface area (Å²) in [5, 5.41) is 1.13. The number of anilines is 1. The van der Waals surface area contributed by atoms with E-state index in [2.05, 4.69) is 16.0 Å². The van der Waals surface area contributed by atoms with Crippen molar-refractivity contribution < 1.29 is 9.59 Å². The number of hydrogen-bond acceptors (Lipinski definition) is 6. The minimum absolute atomic E-state index is 0.0242. The number of rotatable bonds is 2. The molecule has 1 N–H and O–H groups in total. The van der Waals surface area contributed by atoms with Crippen LogP contribution in [0.3, 0.4) is 0 Å². The van der Waals surface area contributed by atoms with Gasteiger partial charge < -0.3 is 4.98 Å². The van der Waals surface area contributed by atoms with Gasteiger partial charge in [-0.25, -0.2) is 0 Å². The molecule has 0 radical (unpaired) electrons. The van der Waals surface area contributed by atoms with Gasteiger partial charge in [-0.3, -0.25) is 24.3 Å². The molecule has 1 saturated heterocycles. The van der Waals surface area contributed by atoms with Gasteiger partial charge in [0, 0.05) is 28.4 Å². The van der Waals surface area contributed by atoms with E-state index >= 15 is 0 Å². The Kier molecular flexibility index (Phi) is 4.13. The normalized spacial score (nSPS) is 33.8. The maximum atomic E-state index is 13.7. The Morgan fingerprint density at radius 3 is 2.52 bits per heavy atom. The highest BCUT2D eigenvalue weighted by Crippen LogP contribution is 2.68. The van der Waals surface area contributed by atoms with Crippen LogP contribution in [0.1, 0.15) is 28.3 Å². The third-order valence-electron chi connectivity index (χ3n) is 8.06. The molecule has 0 spiro atoms. The van der Waals surface area contributed by atoms with Crippen LogP contribution in [0.4, 0.5) is 5.69 Å². The zero-order chi connectivity index (χ0) is 22.4. The Morgan fingerprint density at radius 1 is 1.03 bits per heavy atom. The minimum Gasteiger partial charge on any atom is -0.307 e. The largest absolute Gasteiger partial charge is 0.307 e. The smallest absolute Gasteiger partial charge is 0.305 e. The van der Waals surface area contributed by atoms with E-state index < -0.39 is 0 Å². The number of amides is 2. The van der Waals surface area contributed by atoms with Crippen molar-refractivity contribution in [2.75, 3.05) is 4.90 Å². The van der Waals surface area contributed by atoms with Crippen LogP contribution in [0.2, 0.25) is 0 Å². The van der Waals surface area contributed by atoms with Crippen molar-refractivity contribution in [1.82, 2.24) is 9.97 Å². The van der Waals surface area contributed by atoms with Gasteiger partial charge in [0.25, 0.3) is 0 Å². The zero-order valence-corrected chi connectivity index (χ0v) is 19.4. The highest BCUT2D eigenvalue weighted by atomic mass is 32.2. The van der Waals surface area contributed by atoms with Gasteiger partial charge in [0.1, 0.15) is 0 Å². The standard InChI is InChI=1S/C25H21N3O3S2/c1-11-4-6-13(7-5-11)28-23(29)18-14-9-15(19(18)24(28)30)20-17(14)16(12-3-2-8-26-10-12)21-22(32-20)27-25(31)33-21/h2-8,10,14-20H,9H2,1H3,(H,27,31)/t14-,15+,16+,17+,18-,19+,20-/m1/s1. The van der Waals surface area contributed by atoms with Gasteiger partial charge in [-0.1, -0.05) is 35.1 Å². The summed E-state index contributed by atoms with van der Waals surface area (Å²) in [4.78, 5) is 49.3.